The number of phenols is 1. The minimum atomic E-state index is -0.598. The summed E-state index contributed by atoms with van der Waals surface area (Å²) in [7, 11) is 0. The number of carbonyl (C=O) groups excluding carboxylic acids is 1. The number of rotatable bonds is 3. The van der Waals surface area contributed by atoms with Crippen LogP contribution in [0.3, 0.4) is 0 Å². The fraction of sp³-hybridized carbons (Fsp3) is 0. The van der Waals surface area contributed by atoms with Gasteiger partial charge < -0.3 is 0 Å². The first-order valence-electron chi connectivity index (χ1n) is 5.20. The fourth-order valence-electron chi connectivity index (χ4n) is 1.34. The molecule has 0 amide bonds. The number of allylic oxidation sites excluding steroid dienone is 2. The van der Waals surface area contributed by atoms with Gasteiger partial charge in [0.15, 0.2) is 0 Å². The van der Waals surface area contributed by atoms with E-state index in [4.69, 9.17) is 9.84 Å². The van der Waals surface area contributed by atoms with Gasteiger partial charge in [0.1, 0.15) is 0 Å². The summed E-state index contributed by atoms with van der Waals surface area (Å²) in [4.78, 5) is 13.5. The predicted octanol–water partition coefficient (Wildman–Crippen LogP) is 1.64. The Morgan fingerprint density at radius 3 is 2.61 bits per heavy atom. The van der Waals surface area contributed by atoms with Crippen molar-refractivity contribution in [1.29, 1.82) is 0 Å². The Kier molecular flexibility index (Phi) is 3.90. The van der Waals surface area contributed by atoms with Gasteiger partial charge in [-0.05, 0) is 0 Å². The molecule has 0 saturated carbocycles. The summed E-state index contributed by atoms with van der Waals surface area (Å²) in [6.07, 6.45) is 4.63. The van der Waals surface area contributed by atoms with Crippen LogP contribution < -0.4 is 0 Å². The average Bonchev–Trinajstić information content (AvgIpc) is 2.82. The van der Waals surface area contributed by atoms with E-state index < -0.39 is 21.7 Å². The van der Waals surface area contributed by atoms with Gasteiger partial charge >= 0.3 is 110 Å². The second-order valence-corrected chi connectivity index (χ2v) is 5.87. The molecule has 18 heavy (non-hydrogen) atoms. The first kappa shape index (κ1) is 12.5. The fourth-order valence-corrected chi connectivity index (χ4v) is 2.83. The molecule has 0 radical (unpaired) electrons. The molecular formula is C13H11AsO4. The molecule has 0 spiro atoms. The molecule has 1 atom stereocenters. The summed E-state index contributed by atoms with van der Waals surface area (Å²) < 4.78 is 5.73. The molecule has 2 N–H and O–H groups in total. The molecule has 1 aliphatic heterocycles. The quantitative estimate of drug-likeness (QED) is 0.386. The topological polar surface area (TPSA) is 66.8 Å². The summed E-state index contributed by atoms with van der Waals surface area (Å²) in [6, 6.07) is 5.89. The van der Waals surface area contributed by atoms with E-state index in [0.29, 0.717) is 10.1 Å². The normalized spacial score (nSPS) is 15.8. The Bertz CT molecular complexity index is 541. The first-order valence-corrected chi connectivity index (χ1v) is 7.46. The molecule has 1 aliphatic rings. The SMILES string of the molecule is O=C(/C=C(\O)c1ccc(O)cc1)OC1=CC=C[AsH]1. The number of aliphatic hydroxyl groups excluding tert-OH is 1. The third-order valence-electron chi connectivity index (χ3n) is 2.20. The summed E-state index contributed by atoms with van der Waals surface area (Å²) in [6.45, 7) is 0. The molecule has 5 heteroatoms. The van der Waals surface area contributed by atoms with Crippen LogP contribution in [0.15, 0.2) is 51.9 Å². The van der Waals surface area contributed by atoms with Gasteiger partial charge in [0, 0.05) is 0 Å². The number of benzene rings is 1. The Labute approximate surface area is 111 Å². The molecule has 0 saturated heterocycles. The van der Waals surface area contributed by atoms with Crippen LogP contribution in [-0.2, 0) is 9.53 Å². The Hall–Kier alpha value is -1.93. The Balaban J connectivity index is 2.03. The molecule has 92 valence electrons. The van der Waals surface area contributed by atoms with Crippen molar-refractivity contribution in [2.45, 2.75) is 0 Å². The second-order valence-electron chi connectivity index (χ2n) is 3.53. The third-order valence-corrected chi connectivity index (χ3v) is 4.11. The molecule has 2 rings (SSSR count). The van der Waals surface area contributed by atoms with Crippen LogP contribution in [0.1, 0.15) is 5.56 Å². The van der Waals surface area contributed by atoms with Crippen LogP contribution in [-0.4, -0.2) is 31.9 Å². The Morgan fingerprint density at radius 2 is 2.00 bits per heavy atom. The molecule has 1 aromatic rings. The summed E-state index contributed by atoms with van der Waals surface area (Å²) in [5.74, 6) is -0.687. The van der Waals surface area contributed by atoms with Gasteiger partial charge in [0.2, 0.25) is 0 Å². The number of carbonyl (C=O) groups is 1. The van der Waals surface area contributed by atoms with Crippen molar-refractivity contribution in [2.24, 2.45) is 0 Å². The van der Waals surface area contributed by atoms with Crippen LogP contribution >= 0.6 is 0 Å². The number of aliphatic hydroxyl groups is 1. The van der Waals surface area contributed by atoms with E-state index in [-0.39, 0.29) is 11.5 Å². The minimum absolute atomic E-state index is 0.0988. The second kappa shape index (κ2) is 5.60. The zero-order chi connectivity index (χ0) is 13.0. The van der Waals surface area contributed by atoms with E-state index in [1.165, 1.54) is 24.3 Å². The van der Waals surface area contributed by atoms with Crippen LogP contribution in [0.4, 0.5) is 0 Å². The average molecular weight is 306 g/mol. The molecule has 0 fully saturated rings. The van der Waals surface area contributed by atoms with Crippen molar-refractivity contribution >= 4 is 27.5 Å². The predicted molar refractivity (Wildman–Crippen MR) is 69.2 cm³/mol. The van der Waals surface area contributed by atoms with Crippen LogP contribution in [0, 0.1) is 0 Å². The summed E-state index contributed by atoms with van der Waals surface area (Å²) in [5.41, 5.74) is 0.444. The van der Waals surface area contributed by atoms with Gasteiger partial charge in [-0.2, -0.15) is 0 Å². The first-order chi connectivity index (χ1) is 8.65. The van der Waals surface area contributed by atoms with Crippen molar-refractivity contribution in [2.75, 3.05) is 0 Å². The molecule has 0 aliphatic carbocycles. The number of aromatic hydroxyl groups is 1. The van der Waals surface area contributed by atoms with E-state index in [9.17, 15) is 9.90 Å². The molecule has 1 aromatic carbocycles. The Morgan fingerprint density at radius 1 is 1.28 bits per heavy atom. The van der Waals surface area contributed by atoms with Crippen LogP contribution in [0.2, 0.25) is 0 Å². The van der Waals surface area contributed by atoms with Gasteiger partial charge in [-0.1, -0.05) is 0 Å². The monoisotopic (exact) mass is 306 g/mol. The van der Waals surface area contributed by atoms with E-state index in [1.807, 2.05) is 10.9 Å². The van der Waals surface area contributed by atoms with E-state index in [0.717, 1.165) is 6.08 Å². The van der Waals surface area contributed by atoms with Gasteiger partial charge in [0.05, 0.1) is 0 Å². The number of hydrogen-bond donors (Lipinski definition) is 2. The molecule has 0 bridgehead atoms. The standard InChI is InChI=1S/C13H11AsO4/c15-10-5-3-9(4-6-10)11(16)8-13(17)18-12-2-1-7-14-12/h1-8,14-16H/b11-8-. The molecule has 1 heterocycles. The zero-order valence-corrected chi connectivity index (χ0v) is 11.4. The number of ether oxygens (including phenoxy) is 1. The summed E-state index contributed by atoms with van der Waals surface area (Å²) in [5, 5.41) is 18.8. The summed E-state index contributed by atoms with van der Waals surface area (Å²) >= 11 is -0.476. The third kappa shape index (κ3) is 3.28. The zero-order valence-electron chi connectivity index (χ0n) is 9.33. The van der Waals surface area contributed by atoms with Crippen molar-refractivity contribution in [1.82, 2.24) is 0 Å². The van der Waals surface area contributed by atoms with Crippen LogP contribution in [0.5, 0.6) is 5.75 Å². The van der Waals surface area contributed by atoms with E-state index >= 15 is 0 Å². The maximum absolute atomic E-state index is 11.5. The molecule has 0 aromatic heterocycles. The number of phenolic OH excluding ortho intramolecular Hbond substituents is 1. The van der Waals surface area contributed by atoms with Crippen molar-refractivity contribution in [3.05, 3.63) is 57.5 Å². The van der Waals surface area contributed by atoms with Gasteiger partial charge in [-0.3, -0.25) is 0 Å². The van der Waals surface area contributed by atoms with Crippen molar-refractivity contribution < 1.29 is 19.7 Å². The van der Waals surface area contributed by atoms with Crippen molar-refractivity contribution in [3.63, 3.8) is 0 Å². The number of esters is 1. The van der Waals surface area contributed by atoms with Gasteiger partial charge in [0.25, 0.3) is 0 Å². The molecular weight excluding hydrogens is 295 g/mol. The van der Waals surface area contributed by atoms with E-state index in [2.05, 4.69) is 0 Å². The maximum atomic E-state index is 11.5. The number of hydrogen-bond acceptors (Lipinski definition) is 4. The van der Waals surface area contributed by atoms with E-state index in [1.54, 1.807) is 6.08 Å². The molecule has 1 unspecified atom stereocenters. The van der Waals surface area contributed by atoms with Gasteiger partial charge in [-0.15, -0.1) is 0 Å². The van der Waals surface area contributed by atoms with Crippen molar-refractivity contribution in [3.8, 4) is 5.75 Å². The van der Waals surface area contributed by atoms with Gasteiger partial charge in [-0.25, -0.2) is 0 Å². The molecule has 4 nitrogen and oxygen atoms in total. The van der Waals surface area contributed by atoms with Crippen LogP contribution in [0.25, 0.3) is 5.76 Å².